The van der Waals surface area contributed by atoms with Crippen LogP contribution >= 0.6 is 11.6 Å². The maximum atomic E-state index is 13.0. The van der Waals surface area contributed by atoms with Crippen molar-refractivity contribution < 1.29 is 18.7 Å². The molecule has 0 unspecified atom stereocenters. The van der Waals surface area contributed by atoms with E-state index in [2.05, 4.69) is 5.16 Å². The Morgan fingerprint density at radius 2 is 1.95 bits per heavy atom. The fourth-order valence-corrected chi connectivity index (χ4v) is 1.84. The van der Waals surface area contributed by atoms with Crippen molar-refractivity contribution in [1.29, 1.82) is 0 Å². The van der Waals surface area contributed by atoms with E-state index in [4.69, 9.17) is 27.3 Å². The fraction of sp³-hybridized carbons (Fsp3) is 0.0714. The van der Waals surface area contributed by atoms with Crippen LogP contribution in [0.1, 0.15) is 11.1 Å². The highest BCUT2D eigenvalue weighted by atomic mass is 35.5. The van der Waals surface area contributed by atoms with Crippen LogP contribution in [0.4, 0.5) is 8.78 Å². The average molecular weight is 313 g/mol. The molecule has 0 aliphatic heterocycles. The molecule has 0 spiro atoms. The highest BCUT2D eigenvalue weighted by Crippen LogP contribution is 2.21. The molecule has 0 bridgehead atoms. The van der Waals surface area contributed by atoms with E-state index >= 15 is 0 Å². The van der Waals surface area contributed by atoms with Crippen LogP contribution in [0.25, 0.3) is 0 Å². The predicted molar refractivity (Wildman–Crippen MR) is 74.7 cm³/mol. The van der Waals surface area contributed by atoms with Gasteiger partial charge in [0.1, 0.15) is 12.4 Å². The van der Waals surface area contributed by atoms with Crippen molar-refractivity contribution in [2.24, 2.45) is 10.9 Å². The molecule has 2 aromatic carbocycles. The van der Waals surface area contributed by atoms with Gasteiger partial charge in [-0.15, -0.1) is 0 Å². The molecule has 0 aromatic heterocycles. The number of benzene rings is 2. The zero-order chi connectivity index (χ0) is 15.4. The Morgan fingerprint density at radius 1 is 1.19 bits per heavy atom. The maximum Gasteiger partial charge on any atom is 0.170 e. The number of hydrogen-bond acceptors (Lipinski definition) is 3. The Balaban J connectivity index is 2.11. The second-order valence-corrected chi connectivity index (χ2v) is 4.56. The van der Waals surface area contributed by atoms with Crippen molar-refractivity contribution >= 4 is 17.4 Å². The van der Waals surface area contributed by atoms with Crippen LogP contribution in [-0.4, -0.2) is 11.0 Å². The molecule has 0 aliphatic carbocycles. The number of oxime groups is 1. The maximum absolute atomic E-state index is 13.0. The van der Waals surface area contributed by atoms with Gasteiger partial charge in [0.2, 0.25) is 0 Å². The number of ether oxygens (including phenoxy) is 1. The van der Waals surface area contributed by atoms with Crippen LogP contribution in [0.15, 0.2) is 41.6 Å². The molecule has 0 atom stereocenters. The highest BCUT2D eigenvalue weighted by Gasteiger charge is 2.07. The average Bonchev–Trinajstić information content (AvgIpc) is 2.48. The van der Waals surface area contributed by atoms with Gasteiger partial charge in [0, 0.05) is 22.2 Å². The Labute approximate surface area is 124 Å². The minimum absolute atomic E-state index is 0.0648. The first-order chi connectivity index (χ1) is 10.0. The quantitative estimate of drug-likeness (QED) is 0.394. The van der Waals surface area contributed by atoms with Crippen molar-refractivity contribution in [3.05, 3.63) is 64.2 Å². The lowest BCUT2D eigenvalue weighted by molar-refractivity contribution is 0.303. The molecule has 3 N–H and O–H groups in total. The Morgan fingerprint density at radius 3 is 2.57 bits per heavy atom. The summed E-state index contributed by atoms with van der Waals surface area (Å²) in [5.74, 6) is -1.81. The summed E-state index contributed by atoms with van der Waals surface area (Å²) in [7, 11) is 0. The standard InChI is InChI=1S/C14H11ClF2N2O2/c15-11-5-8(14(18)19-20)1-2-9(11)7-21-10-3-4-12(16)13(17)6-10/h1-6,20H,7H2,(H2,18,19). The third-order valence-corrected chi connectivity index (χ3v) is 3.09. The van der Waals surface area contributed by atoms with E-state index < -0.39 is 11.6 Å². The van der Waals surface area contributed by atoms with Crippen LogP contribution in [0.5, 0.6) is 5.75 Å². The fourth-order valence-electron chi connectivity index (χ4n) is 1.61. The summed E-state index contributed by atoms with van der Waals surface area (Å²) in [5, 5.41) is 11.8. The Hall–Kier alpha value is -2.34. The van der Waals surface area contributed by atoms with Gasteiger partial charge in [-0.05, 0) is 18.2 Å². The topological polar surface area (TPSA) is 67.8 Å². The second-order valence-electron chi connectivity index (χ2n) is 4.16. The van der Waals surface area contributed by atoms with Gasteiger partial charge >= 0.3 is 0 Å². The van der Waals surface area contributed by atoms with Crippen molar-refractivity contribution in [2.75, 3.05) is 0 Å². The first kappa shape index (κ1) is 15.1. The molecule has 0 saturated carbocycles. The molecule has 21 heavy (non-hydrogen) atoms. The summed E-state index contributed by atoms with van der Waals surface area (Å²) in [6.45, 7) is 0.0698. The van der Waals surface area contributed by atoms with Crippen molar-refractivity contribution in [3.8, 4) is 5.75 Å². The van der Waals surface area contributed by atoms with Gasteiger partial charge in [-0.1, -0.05) is 28.9 Å². The second kappa shape index (κ2) is 6.41. The smallest absolute Gasteiger partial charge is 0.170 e. The lowest BCUT2D eigenvalue weighted by Crippen LogP contribution is -2.13. The number of amidine groups is 1. The van der Waals surface area contributed by atoms with Gasteiger partial charge in [0.05, 0.1) is 0 Å². The van der Waals surface area contributed by atoms with E-state index in [1.165, 1.54) is 12.1 Å². The van der Waals surface area contributed by atoms with E-state index in [1.54, 1.807) is 12.1 Å². The van der Waals surface area contributed by atoms with Crippen molar-refractivity contribution in [3.63, 3.8) is 0 Å². The number of nitrogens with two attached hydrogens (primary N) is 1. The molecular formula is C14H11ClF2N2O2. The molecule has 0 saturated heterocycles. The largest absolute Gasteiger partial charge is 0.489 e. The minimum Gasteiger partial charge on any atom is -0.489 e. The summed E-state index contributed by atoms with van der Waals surface area (Å²) in [6.07, 6.45) is 0. The highest BCUT2D eigenvalue weighted by molar-refractivity contribution is 6.31. The minimum atomic E-state index is -0.985. The molecule has 0 radical (unpaired) electrons. The summed E-state index contributed by atoms with van der Waals surface area (Å²) in [4.78, 5) is 0. The monoisotopic (exact) mass is 312 g/mol. The van der Waals surface area contributed by atoms with Crippen LogP contribution in [0.2, 0.25) is 5.02 Å². The van der Waals surface area contributed by atoms with Crippen LogP contribution < -0.4 is 10.5 Å². The molecule has 0 amide bonds. The van der Waals surface area contributed by atoms with Crippen LogP contribution in [0, 0.1) is 11.6 Å². The van der Waals surface area contributed by atoms with E-state index in [9.17, 15) is 8.78 Å². The lowest BCUT2D eigenvalue weighted by Gasteiger charge is -2.09. The van der Waals surface area contributed by atoms with Crippen LogP contribution in [-0.2, 0) is 6.61 Å². The SMILES string of the molecule is N/C(=N/O)c1ccc(COc2ccc(F)c(F)c2)c(Cl)c1. The molecule has 0 heterocycles. The number of hydrogen-bond donors (Lipinski definition) is 2. The van der Waals surface area contributed by atoms with Gasteiger partial charge in [-0.3, -0.25) is 0 Å². The molecular weight excluding hydrogens is 302 g/mol. The van der Waals surface area contributed by atoms with Gasteiger partial charge < -0.3 is 15.7 Å². The molecule has 0 aliphatic rings. The first-order valence-electron chi connectivity index (χ1n) is 5.85. The third kappa shape index (κ3) is 3.61. The summed E-state index contributed by atoms with van der Waals surface area (Å²) in [6, 6.07) is 8.00. The van der Waals surface area contributed by atoms with Crippen LogP contribution in [0.3, 0.4) is 0 Å². The first-order valence-corrected chi connectivity index (χ1v) is 6.23. The van der Waals surface area contributed by atoms with Gasteiger partial charge in [0.15, 0.2) is 17.5 Å². The van der Waals surface area contributed by atoms with E-state index in [0.29, 0.717) is 16.1 Å². The Bertz CT molecular complexity index is 693. The van der Waals surface area contributed by atoms with Gasteiger partial charge in [-0.25, -0.2) is 8.78 Å². The zero-order valence-corrected chi connectivity index (χ0v) is 11.4. The molecule has 7 heteroatoms. The third-order valence-electron chi connectivity index (χ3n) is 2.74. The lowest BCUT2D eigenvalue weighted by atomic mass is 10.1. The van der Waals surface area contributed by atoms with E-state index in [1.807, 2.05) is 0 Å². The summed E-state index contributed by atoms with van der Waals surface area (Å²) >= 11 is 6.05. The Kier molecular flexibility index (Phi) is 4.59. The molecule has 2 rings (SSSR count). The predicted octanol–water partition coefficient (Wildman–Crippen LogP) is 3.29. The molecule has 2 aromatic rings. The molecule has 4 nitrogen and oxygen atoms in total. The zero-order valence-electron chi connectivity index (χ0n) is 10.7. The van der Waals surface area contributed by atoms with Crippen molar-refractivity contribution in [2.45, 2.75) is 6.61 Å². The molecule has 0 fully saturated rings. The van der Waals surface area contributed by atoms with E-state index in [-0.39, 0.29) is 18.2 Å². The van der Waals surface area contributed by atoms with E-state index in [0.717, 1.165) is 12.1 Å². The van der Waals surface area contributed by atoms with Gasteiger partial charge in [-0.2, -0.15) is 0 Å². The number of halogens is 3. The number of nitrogens with zero attached hydrogens (tertiary/aromatic N) is 1. The van der Waals surface area contributed by atoms with Crippen molar-refractivity contribution in [1.82, 2.24) is 0 Å². The normalized spacial score (nSPS) is 11.5. The molecule has 110 valence electrons. The summed E-state index contributed by atoms with van der Waals surface area (Å²) < 4.78 is 31.2. The number of rotatable bonds is 4. The summed E-state index contributed by atoms with van der Waals surface area (Å²) in [5.41, 5.74) is 6.52. The van der Waals surface area contributed by atoms with Gasteiger partial charge in [0.25, 0.3) is 0 Å².